The predicted molar refractivity (Wildman–Crippen MR) is 140 cm³/mol. The predicted octanol–water partition coefficient (Wildman–Crippen LogP) is -1.25. The van der Waals surface area contributed by atoms with Gasteiger partial charge in [0.2, 0.25) is 17.7 Å². The molecule has 0 saturated carbocycles. The van der Waals surface area contributed by atoms with E-state index in [1.165, 1.54) is 27.7 Å². The lowest BCUT2D eigenvalue weighted by atomic mass is 9.78. The number of β-lactam (4-membered cyclic amide) rings is 1. The highest BCUT2D eigenvalue weighted by atomic mass is 32.2. The molecule has 4 aliphatic heterocycles. The van der Waals surface area contributed by atoms with Crippen LogP contribution in [0.4, 0.5) is 0 Å². The second kappa shape index (κ2) is 10.5. The molecule has 5 rings (SSSR count). The molecule has 0 bridgehead atoms. The number of carbonyl (C=O) groups is 4. The molecular weight excluding hydrogens is 526 g/mol. The molecule has 15 heteroatoms. The Balaban J connectivity index is 1.21. The number of thioether (sulfide) groups is 1. The van der Waals surface area contributed by atoms with Gasteiger partial charge in [-0.3, -0.25) is 14.4 Å². The number of tetrazole rings is 1. The van der Waals surface area contributed by atoms with Gasteiger partial charge in [-0.2, -0.15) is 0 Å². The van der Waals surface area contributed by atoms with E-state index in [-0.39, 0.29) is 58.8 Å². The molecule has 5 N–H and O–H groups in total. The van der Waals surface area contributed by atoms with Gasteiger partial charge in [-0.15, -0.1) is 16.9 Å². The molecule has 5 heterocycles. The van der Waals surface area contributed by atoms with Crippen LogP contribution < -0.4 is 16.4 Å². The highest BCUT2D eigenvalue weighted by Gasteiger charge is 2.60. The van der Waals surface area contributed by atoms with E-state index in [0.717, 1.165) is 12.8 Å². The number of carboxylic acid groups (broad SMARTS) is 1. The number of aromatic nitrogens is 4. The van der Waals surface area contributed by atoms with Gasteiger partial charge in [-0.05, 0) is 43.5 Å². The van der Waals surface area contributed by atoms with Crippen molar-refractivity contribution in [2.75, 3.05) is 19.6 Å². The molecular formula is C24H35N9O5S. The lowest BCUT2D eigenvalue weighted by Gasteiger charge is -2.47. The van der Waals surface area contributed by atoms with Crippen LogP contribution in [0.15, 0.2) is 16.9 Å². The fraction of sp³-hybridized carbons (Fsp3) is 0.708. The van der Waals surface area contributed by atoms with Crippen LogP contribution in [0.25, 0.3) is 0 Å². The maximum absolute atomic E-state index is 13.1. The fourth-order valence-electron chi connectivity index (χ4n) is 6.10. The van der Waals surface area contributed by atoms with Crippen LogP contribution in [0, 0.1) is 11.8 Å². The van der Waals surface area contributed by atoms with Crippen molar-refractivity contribution >= 4 is 35.5 Å². The average Bonchev–Trinajstić information content (AvgIpc) is 3.59. The molecule has 0 spiro atoms. The minimum atomic E-state index is -1.15. The maximum Gasteiger partial charge on any atom is 0.353 e. The Bertz CT molecular complexity index is 1180. The second-order valence-corrected chi connectivity index (χ2v) is 12.7. The normalized spacial score (nSPS) is 30.7. The number of carbonyl (C=O) groups excluding carboxylic acids is 3. The van der Waals surface area contributed by atoms with Gasteiger partial charge in [0.05, 0.1) is 18.0 Å². The molecule has 3 fully saturated rings. The number of amides is 3. The van der Waals surface area contributed by atoms with Crippen LogP contribution in [0.2, 0.25) is 0 Å². The summed E-state index contributed by atoms with van der Waals surface area (Å²) in [5.74, 6) is -2.51. The van der Waals surface area contributed by atoms with Crippen molar-refractivity contribution in [3.05, 3.63) is 16.9 Å². The molecule has 1 aromatic rings. The van der Waals surface area contributed by atoms with Crippen LogP contribution >= 0.6 is 11.8 Å². The van der Waals surface area contributed by atoms with E-state index in [2.05, 4.69) is 26.2 Å². The first-order valence-corrected chi connectivity index (χ1v) is 14.1. The summed E-state index contributed by atoms with van der Waals surface area (Å²) < 4.78 is 1.28. The van der Waals surface area contributed by atoms with Crippen molar-refractivity contribution in [2.45, 2.75) is 75.5 Å². The molecule has 39 heavy (non-hydrogen) atoms. The third-order valence-electron chi connectivity index (χ3n) is 8.32. The number of carboxylic acids is 1. The van der Waals surface area contributed by atoms with Gasteiger partial charge >= 0.3 is 5.97 Å². The van der Waals surface area contributed by atoms with Crippen LogP contribution in [0.5, 0.6) is 0 Å². The van der Waals surface area contributed by atoms with Crippen LogP contribution in [-0.2, 0) is 25.7 Å². The van der Waals surface area contributed by atoms with E-state index < -0.39 is 17.9 Å². The van der Waals surface area contributed by atoms with Gasteiger partial charge in [0.1, 0.15) is 18.6 Å². The van der Waals surface area contributed by atoms with Crippen LogP contribution in [0.3, 0.4) is 0 Å². The van der Waals surface area contributed by atoms with Crippen molar-refractivity contribution in [3.8, 4) is 0 Å². The van der Waals surface area contributed by atoms with Crippen molar-refractivity contribution < 1.29 is 24.3 Å². The van der Waals surface area contributed by atoms with Gasteiger partial charge in [-0.1, -0.05) is 6.92 Å². The molecule has 3 saturated heterocycles. The summed E-state index contributed by atoms with van der Waals surface area (Å²) in [6.45, 7) is 7.44. The average molecular weight is 562 g/mol. The largest absolute Gasteiger partial charge is 0.477 e. The molecule has 4 aliphatic rings. The van der Waals surface area contributed by atoms with E-state index in [0.29, 0.717) is 31.0 Å². The lowest BCUT2D eigenvalue weighted by Crippen LogP contribution is -2.66. The van der Waals surface area contributed by atoms with Crippen molar-refractivity contribution in [3.63, 3.8) is 0 Å². The zero-order valence-corrected chi connectivity index (χ0v) is 23.1. The smallest absolute Gasteiger partial charge is 0.353 e. The first-order valence-electron chi connectivity index (χ1n) is 13.2. The molecule has 212 valence electrons. The van der Waals surface area contributed by atoms with Gasteiger partial charge < -0.3 is 31.3 Å². The van der Waals surface area contributed by atoms with Gasteiger partial charge in [0.15, 0.2) is 0 Å². The summed E-state index contributed by atoms with van der Waals surface area (Å²) in [6.07, 6.45) is 3.43. The molecule has 14 nitrogen and oxygen atoms in total. The molecule has 0 aliphatic carbocycles. The van der Waals surface area contributed by atoms with Crippen molar-refractivity contribution in [2.24, 2.45) is 17.6 Å². The zero-order chi connectivity index (χ0) is 28.1. The van der Waals surface area contributed by atoms with Gasteiger partial charge in [0.25, 0.3) is 0 Å². The van der Waals surface area contributed by atoms with E-state index in [9.17, 15) is 24.3 Å². The zero-order valence-electron chi connectivity index (χ0n) is 22.2. The molecule has 1 unspecified atom stereocenters. The second-order valence-electron chi connectivity index (χ2n) is 11.3. The Kier molecular flexibility index (Phi) is 7.41. The van der Waals surface area contributed by atoms with Gasteiger partial charge in [0, 0.05) is 47.3 Å². The van der Waals surface area contributed by atoms with Crippen molar-refractivity contribution in [1.29, 1.82) is 0 Å². The number of likely N-dealkylation sites (tertiary alicyclic amines) is 1. The quantitative estimate of drug-likeness (QED) is 0.278. The van der Waals surface area contributed by atoms with Crippen LogP contribution in [0.1, 0.15) is 40.0 Å². The summed E-state index contributed by atoms with van der Waals surface area (Å²) >= 11 is 1.45. The summed E-state index contributed by atoms with van der Waals surface area (Å²) in [5.41, 5.74) is 5.98. The minimum absolute atomic E-state index is 0.00372. The Hall–Kier alpha value is -3.04. The molecule has 3 amide bonds. The van der Waals surface area contributed by atoms with Crippen LogP contribution in [-0.4, -0.2) is 107 Å². The van der Waals surface area contributed by atoms with E-state index in [1.54, 1.807) is 6.92 Å². The first kappa shape index (κ1) is 27.5. The summed E-state index contributed by atoms with van der Waals surface area (Å²) in [5, 5.41) is 26.9. The molecule has 0 radical (unpaired) electrons. The maximum atomic E-state index is 13.1. The number of fused-ring (bicyclic) bond motifs is 1. The SMILES string of the molecule is CC(NC(=O)Cn1cnnn1)[C@H]1C(=O)N2C(C(=O)O)=C(S[C@@H]3CN[C@H](C(=O)N4CCC(C)(N)CC4)C3)[C@H](C)[C@H]12. The Morgan fingerprint density at radius 3 is 2.69 bits per heavy atom. The Morgan fingerprint density at radius 2 is 2.05 bits per heavy atom. The van der Waals surface area contributed by atoms with Crippen molar-refractivity contribution in [1.82, 2.24) is 40.6 Å². The van der Waals surface area contributed by atoms with E-state index in [1.807, 2.05) is 18.7 Å². The monoisotopic (exact) mass is 561 g/mol. The lowest BCUT2D eigenvalue weighted by molar-refractivity contribution is -0.158. The number of aliphatic carboxylic acids is 1. The minimum Gasteiger partial charge on any atom is -0.477 e. The number of piperidine rings is 1. The van der Waals surface area contributed by atoms with Gasteiger partial charge in [-0.25, -0.2) is 9.48 Å². The molecule has 0 aromatic carbocycles. The number of hydrogen-bond acceptors (Lipinski definition) is 10. The highest BCUT2D eigenvalue weighted by Crippen LogP contribution is 2.51. The Morgan fingerprint density at radius 1 is 1.33 bits per heavy atom. The number of nitrogens with one attached hydrogen (secondary N) is 2. The summed E-state index contributed by atoms with van der Waals surface area (Å²) in [4.78, 5) is 54.9. The third kappa shape index (κ3) is 5.26. The van der Waals surface area contributed by atoms with E-state index >= 15 is 0 Å². The highest BCUT2D eigenvalue weighted by molar-refractivity contribution is 8.03. The number of hydrogen-bond donors (Lipinski definition) is 4. The number of rotatable bonds is 8. The summed E-state index contributed by atoms with van der Waals surface area (Å²) in [6, 6.07) is -1.18. The molecule has 1 aromatic heterocycles. The van der Waals surface area contributed by atoms with E-state index in [4.69, 9.17) is 5.73 Å². The summed E-state index contributed by atoms with van der Waals surface area (Å²) in [7, 11) is 0. The topological polar surface area (TPSA) is 189 Å². The Labute approximate surface area is 230 Å². The number of nitrogens with two attached hydrogens (primary N) is 1. The third-order valence-corrected chi connectivity index (χ3v) is 9.83. The standard InChI is InChI=1S/C24H35N9O5S/c1-12-18-17(13(2)28-16(34)10-32-11-27-29-30-32)22(36)33(18)19(23(37)38)20(12)39-14-8-15(26-9-14)21(35)31-6-4-24(3,25)5-7-31/h11-15,17-18,26H,4-10,25H2,1-3H3,(H,28,34)(H,37,38)/t12-,13?,14+,15+,17-,18-/m1/s1. The number of nitrogens with zero attached hydrogens (tertiary/aromatic N) is 6. The molecule has 6 atom stereocenters. The first-order chi connectivity index (χ1) is 18.5. The fourth-order valence-corrected chi connectivity index (χ4v) is 7.58.